The van der Waals surface area contributed by atoms with E-state index in [1.807, 2.05) is 30.3 Å². The van der Waals surface area contributed by atoms with Gasteiger partial charge >= 0.3 is 5.97 Å². The van der Waals surface area contributed by atoms with Crippen LogP contribution in [-0.4, -0.2) is 11.1 Å². The summed E-state index contributed by atoms with van der Waals surface area (Å²) in [5.74, 6) is -0.965. The first kappa shape index (κ1) is 11.5. The molecule has 0 fully saturated rings. The third-order valence-corrected chi connectivity index (χ3v) is 3.65. The molecular formula is C10H8Br2O2. The van der Waals surface area contributed by atoms with Gasteiger partial charge in [0.25, 0.3) is 0 Å². The SMILES string of the molecule is O=C(O)/C(Br)=C(/Br)Cc1ccccc1. The van der Waals surface area contributed by atoms with Crippen molar-refractivity contribution in [1.82, 2.24) is 0 Å². The fraction of sp³-hybridized carbons (Fsp3) is 0.100. The minimum absolute atomic E-state index is 0.168. The van der Waals surface area contributed by atoms with Crippen molar-refractivity contribution in [2.45, 2.75) is 6.42 Å². The maximum Gasteiger partial charge on any atom is 0.343 e. The molecular weight excluding hydrogens is 312 g/mol. The Morgan fingerprint density at radius 1 is 1.21 bits per heavy atom. The van der Waals surface area contributed by atoms with Crippen molar-refractivity contribution in [3.8, 4) is 0 Å². The van der Waals surface area contributed by atoms with Crippen molar-refractivity contribution in [1.29, 1.82) is 0 Å². The van der Waals surface area contributed by atoms with Crippen LogP contribution < -0.4 is 0 Å². The number of carboxylic acid groups (broad SMARTS) is 1. The van der Waals surface area contributed by atoms with Crippen LogP contribution in [0.3, 0.4) is 0 Å². The average molecular weight is 320 g/mol. The van der Waals surface area contributed by atoms with E-state index < -0.39 is 5.97 Å². The Balaban J connectivity index is 2.80. The zero-order valence-corrected chi connectivity index (χ0v) is 10.4. The molecule has 1 rings (SSSR count). The van der Waals surface area contributed by atoms with Crippen molar-refractivity contribution in [2.75, 3.05) is 0 Å². The number of carbonyl (C=O) groups is 1. The minimum Gasteiger partial charge on any atom is -0.477 e. The molecule has 1 aromatic carbocycles. The summed E-state index contributed by atoms with van der Waals surface area (Å²) in [5, 5.41) is 8.70. The van der Waals surface area contributed by atoms with E-state index >= 15 is 0 Å². The molecule has 0 atom stereocenters. The number of rotatable bonds is 3. The molecule has 14 heavy (non-hydrogen) atoms. The molecule has 0 aliphatic rings. The highest BCUT2D eigenvalue weighted by Gasteiger charge is 2.08. The van der Waals surface area contributed by atoms with E-state index in [0.29, 0.717) is 10.9 Å². The topological polar surface area (TPSA) is 37.3 Å². The number of carboxylic acids is 1. The van der Waals surface area contributed by atoms with Gasteiger partial charge in [-0.1, -0.05) is 46.3 Å². The summed E-state index contributed by atoms with van der Waals surface area (Å²) in [7, 11) is 0. The number of allylic oxidation sites excluding steroid dienone is 1. The Kier molecular flexibility index (Phi) is 4.35. The third kappa shape index (κ3) is 3.27. The minimum atomic E-state index is -0.965. The van der Waals surface area contributed by atoms with E-state index in [-0.39, 0.29) is 4.48 Å². The lowest BCUT2D eigenvalue weighted by Crippen LogP contribution is -1.97. The van der Waals surface area contributed by atoms with Crippen LogP contribution >= 0.6 is 31.9 Å². The lowest BCUT2D eigenvalue weighted by Gasteiger charge is -2.01. The quantitative estimate of drug-likeness (QED) is 0.868. The maximum absolute atomic E-state index is 10.6. The van der Waals surface area contributed by atoms with Gasteiger partial charge in [-0.3, -0.25) is 0 Å². The Labute approximate surface area is 98.9 Å². The van der Waals surface area contributed by atoms with Crippen LogP contribution in [0.5, 0.6) is 0 Å². The van der Waals surface area contributed by atoms with E-state index in [1.165, 1.54) is 0 Å². The van der Waals surface area contributed by atoms with Crippen LogP contribution in [0.25, 0.3) is 0 Å². The monoisotopic (exact) mass is 318 g/mol. The second-order valence-electron chi connectivity index (χ2n) is 2.69. The molecule has 0 spiro atoms. The molecule has 0 saturated carbocycles. The summed E-state index contributed by atoms with van der Waals surface area (Å²) < 4.78 is 0.803. The number of hydrogen-bond acceptors (Lipinski definition) is 1. The van der Waals surface area contributed by atoms with Gasteiger partial charge in [0.2, 0.25) is 0 Å². The van der Waals surface area contributed by atoms with Crippen molar-refractivity contribution >= 4 is 37.8 Å². The lowest BCUT2D eigenvalue weighted by molar-refractivity contribution is -0.131. The van der Waals surface area contributed by atoms with Gasteiger partial charge in [-0.25, -0.2) is 4.79 Å². The van der Waals surface area contributed by atoms with Gasteiger partial charge in [0.15, 0.2) is 0 Å². The van der Waals surface area contributed by atoms with E-state index in [9.17, 15) is 4.79 Å². The molecule has 0 unspecified atom stereocenters. The van der Waals surface area contributed by atoms with Gasteiger partial charge in [-0.05, 0) is 21.5 Å². The molecule has 1 N–H and O–H groups in total. The molecule has 0 bridgehead atoms. The zero-order chi connectivity index (χ0) is 10.6. The van der Waals surface area contributed by atoms with Gasteiger partial charge in [0.05, 0.1) is 0 Å². The normalized spacial score (nSPS) is 12.1. The standard InChI is InChI=1S/C10H8Br2O2/c11-8(9(12)10(13)14)6-7-4-2-1-3-5-7/h1-5H,6H2,(H,13,14)/b9-8-. The fourth-order valence-electron chi connectivity index (χ4n) is 0.969. The predicted molar refractivity (Wildman–Crippen MR) is 62.7 cm³/mol. The van der Waals surface area contributed by atoms with E-state index in [2.05, 4.69) is 31.9 Å². The summed E-state index contributed by atoms with van der Waals surface area (Å²) in [6, 6.07) is 9.66. The molecule has 2 nitrogen and oxygen atoms in total. The van der Waals surface area contributed by atoms with Gasteiger partial charge < -0.3 is 5.11 Å². The van der Waals surface area contributed by atoms with Crippen LogP contribution in [0.1, 0.15) is 5.56 Å². The zero-order valence-electron chi connectivity index (χ0n) is 7.21. The molecule has 0 heterocycles. The molecule has 1 aromatic rings. The summed E-state index contributed by atoms with van der Waals surface area (Å²) in [6.45, 7) is 0. The van der Waals surface area contributed by atoms with Gasteiger partial charge in [-0.2, -0.15) is 0 Å². The van der Waals surface area contributed by atoms with Crippen molar-refractivity contribution < 1.29 is 9.90 Å². The molecule has 0 saturated heterocycles. The number of halogens is 2. The van der Waals surface area contributed by atoms with Gasteiger partial charge in [-0.15, -0.1) is 0 Å². The summed E-state index contributed by atoms with van der Waals surface area (Å²) >= 11 is 6.23. The van der Waals surface area contributed by atoms with Crippen LogP contribution in [0.2, 0.25) is 0 Å². The highest BCUT2D eigenvalue weighted by Crippen LogP contribution is 2.22. The summed E-state index contributed by atoms with van der Waals surface area (Å²) in [5.41, 5.74) is 1.07. The number of benzene rings is 1. The molecule has 4 heteroatoms. The second kappa shape index (κ2) is 5.32. The number of aliphatic carboxylic acids is 1. The summed E-state index contributed by atoms with van der Waals surface area (Å²) in [6.07, 6.45) is 0.577. The van der Waals surface area contributed by atoms with Crippen LogP contribution in [0, 0.1) is 0 Å². The van der Waals surface area contributed by atoms with Crippen molar-refractivity contribution in [3.05, 3.63) is 44.9 Å². The fourth-order valence-corrected chi connectivity index (χ4v) is 1.60. The highest BCUT2D eigenvalue weighted by molar-refractivity contribution is 9.14. The molecule has 74 valence electrons. The maximum atomic E-state index is 10.6. The summed E-state index contributed by atoms with van der Waals surface area (Å²) in [4.78, 5) is 10.6. The first-order chi connectivity index (χ1) is 6.61. The third-order valence-electron chi connectivity index (χ3n) is 1.63. The smallest absolute Gasteiger partial charge is 0.343 e. The first-order valence-corrected chi connectivity index (χ1v) is 5.51. The van der Waals surface area contributed by atoms with E-state index in [4.69, 9.17) is 5.11 Å². The Hall–Kier alpha value is -0.610. The Bertz CT molecular complexity index is 358. The predicted octanol–water partition coefficient (Wildman–Crippen LogP) is 3.32. The lowest BCUT2D eigenvalue weighted by atomic mass is 10.1. The van der Waals surface area contributed by atoms with Gasteiger partial charge in [0, 0.05) is 10.9 Å². The van der Waals surface area contributed by atoms with Crippen molar-refractivity contribution in [2.24, 2.45) is 0 Å². The number of hydrogen-bond donors (Lipinski definition) is 1. The van der Waals surface area contributed by atoms with E-state index in [0.717, 1.165) is 5.56 Å². The van der Waals surface area contributed by atoms with Gasteiger partial charge in [0.1, 0.15) is 4.48 Å². The molecule has 0 aliphatic carbocycles. The van der Waals surface area contributed by atoms with E-state index in [1.54, 1.807) is 0 Å². The van der Waals surface area contributed by atoms with Crippen LogP contribution in [0.4, 0.5) is 0 Å². The molecule has 0 radical (unpaired) electrons. The average Bonchev–Trinajstić information content (AvgIpc) is 2.18. The largest absolute Gasteiger partial charge is 0.477 e. The molecule has 0 amide bonds. The molecule has 0 aliphatic heterocycles. The second-order valence-corrected chi connectivity index (χ2v) is 4.44. The molecule has 0 aromatic heterocycles. The Morgan fingerprint density at radius 2 is 1.79 bits per heavy atom. The van der Waals surface area contributed by atoms with Crippen LogP contribution in [0.15, 0.2) is 39.3 Å². The van der Waals surface area contributed by atoms with Crippen molar-refractivity contribution in [3.63, 3.8) is 0 Å². The van der Waals surface area contributed by atoms with Crippen LogP contribution in [-0.2, 0) is 11.2 Å². The highest BCUT2D eigenvalue weighted by atomic mass is 79.9. The first-order valence-electron chi connectivity index (χ1n) is 3.92. The Morgan fingerprint density at radius 3 is 2.29 bits per heavy atom.